The van der Waals surface area contributed by atoms with Gasteiger partial charge in [0, 0.05) is 17.1 Å². The van der Waals surface area contributed by atoms with Crippen molar-refractivity contribution < 1.29 is 8.42 Å². The van der Waals surface area contributed by atoms with Crippen molar-refractivity contribution in [3.05, 3.63) is 28.7 Å². The van der Waals surface area contributed by atoms with Gasteiger partial charge in [0.05, 0.1) is 4.90 Å². The van der Waals surface area contributed by atoms with Crippen LogP contribution in [-0.4, -0.2) is 40.0 Å². The van der Waals surface area contributed by atoms with Crippen LogP contribution in [0.2, 0.25) is 0 Å². The molecular formula is C11H17BrN2O2S. The van der Waals surface area contributed by atoms with Crippen LogP contribution < -0.4 is 4.72 Å². The van der Waals surface area contributed by atoms with E-state index in [0.717, 1.165) is 4.47 Å². The summed E-state index contributed by atoms with van der Waals surface area (Å²) in [6.45, 7) is 2.51. The lowest BCUT2D eigenvalue weighted by atomic mass is 10.3. The van der Waals surface area contributed by atoms with Crippen molar-refractivity contribution in [3.8, 4) is 0 Å². The average molecular weight is 321 g/mol. The first-order chi connectivity index (χ1) is 7.81. The second-order valence-electron chi connectivity index (χ2n) is 4.24. The molecule has 1 N–H and O–H groups in total. The number of halogens is 1. The van der Waals surface area contributed by atoms with Crippen molar-refractivity contribution in [2.45, 2.75) is 17.9 Å². The standard InChI is InChI=1S/C11H17BrN2O2S/c1-9(8-14(2)3)13-17(15,16)11-6-4-10(12)5-7-11/h4-7,9,13H,8H2,1-3H3. The zero-order chi connectivity index (χ0) is 13.1. The molecule has 0 fully saturated rings. The number of hydrogen-bond acceptors (Lipinski definition) is 3. The Morgan fingerprint density at radius 3 is 2.29 bits per heavy atom. The van der Waals surface area contributed by atoms with Gasteiger partial charge in [-0.3, -0.25) is 0 Å². The predicted molar refractivity (Wildman–Crippen MR) is 72.5 cm³/mol. The van der Waals surface area contributed by atoms with E-state index >= 15 is 0 Å². The topological polar surface area (TPSA) is 49.4 Å². The van der Waals surface area contributed by atoms with Gasteiger partial charge in [-0.05, 0) is 45.3 Å². The molecule has 0 amide bonds. The maximum absolute atomic E-state index is 12.0. The maximum Gasteiger partial charge on any atom is 0.240 e. The van der Waals surface area contributed by atoms with E-state index in [0.29, 0.717) is 6.54 Å². The highest BCUT2D eigenvalue weighted by molar-refractivity contribution is 9.10. The fourth-order valence-corrected chi connectivity index (χ4v) is 3.03. The number of sulfonamides is 1. The zero-order valence-electron chi connectivity index (χ0n) is 10.1. The number of benzene rings is 1. The van der Waals surface area contributed by atoms with Gasteiger partial charge in [-0.1, -0.05) is 15.9 Å². The third kappa shape index (κ3) is 4.75. The van der Waals surface area contributed by atoms with E-state index in [9.17, 15) is 8.42 Å². The number of likely N-dealkylation sites (N-methyl/N-ethyl adjacent to an activating group) is 1. The lowest BCUT2D eigenvalue weighted by Gasteiger charge is -2.18. The molecule has 0 heterocycles. The van der Waals surface area contributed by atoms with Gasteiger partial charge in [0.2, 0.25) is 10.0 Å². The molecule has 0 saturated carbocycles. The Morgan fingerprint density at radius 2 is 1.82 bits per heavy atom. The Labute approximate surface area is 111 Å². The minimum Gasteiger partial charge on any atom is -0.308 e. The summed E-state index contributed by atoms with van der Waals surface area (Å²) < 4.78 is 27.5. The minimum absolute atomic E-state index is 0.126. The maximum atomic E-state index is 12.0. The molecule has 6 heteroatoms. The van der Waals surface area contributed by atoms with Crippen LogP contribution in [0.15, 0.2) is 33.6 Å². The predicted octanol–water partition coefficient (Wildman–Crippen LogP) is 1.68. The molecular weight excluding hydrogens is 304 g/mol. The van der Waals surface area contributed by atoms with Crippen LogP contribution in [0.4, 0.5) is 0 Å². The second kappa shape index (κ2) is 5.95. The molecule has 1 unspecified atom stereocenters. The third-order valence-electron chi connectivity index (χ3n) is 2.12. The lowest BCUT2D eigenvalue weighted by molar-refractivity contribution is 0.370. The molecule has 96 valence electrons. The van der Waals surface area contributed by atoms with Gasteiger partial charge in [-0.25, -0.2) is 13.1 Å². The average Bonchev–Trinajstić information content (AvgIpc) is 2.15. The van der Waals surface area contributed by atoms with Crippen LogP contribution >= 0.6 is 15.9 Å². The first-order valence-electron chi connectivity index (χ1n) is 5.24. The Hall–Kier alpha value is -0.430. The zero-order valence-corrected chi connectivity index (χ0v) is 12.5. The van der Waals surface area contributed by atoms with E-state index in [-0.39, 0.29) is 10.9 Å². The van der Waals surface area contributed by atoms with Crippen molar-refractivity contribution in [1.82, 2.24) is 9.62 Å². The summed E-state index contributed by atoms with van der Waals surface area (Å²) in [5, 5.41) is 0. The quantitative estimate of drug-likeness (QED) is 0.898. The minimum atomic E-state index is -3.42. The van der Waals surface area contributed by atoms with Crippen LogP contribution in [0.1, 0.15) is 6.92 Å². The fraction of sp³-hybridized carbons (Fsp3) is 0.455. The Kier molecular flexibility index (Phi) is 5.12. The number of nitrogens with one attached hydrogen (secondary N) is 1. The van der Waals surface area contributed by atoms with Crippen LogP contribution in [0, 0.1) is 0 Å². The van der Waals surface area contributed by atoms with E-state index in [1.54, 1.807) is 24.3 Å². The molecule has 0 saturated heterocycles. The van der Waals surface area contributed by atoms with Gasteiger partial charge in [-0.15, -0.1) is 0 Å². The van der Waals surface area contributed by atoms with Crippen molar-refractivity contribution >= 4 is 26.0 Å². The highest BCUT2D eigenvalue weighted by atomic mass is 79.9. The molecule has 17 heavy (non-hydrogen) atoms. The molecule has 0 bridgehead atoms. The van der Waals surface area contributed by atoms with Gasteiger partial charge in [0.15, 0.2) is 0 Å². The van der Waals surface area contributed by atoms with Crippen LogP contribution in [0.25, 0.3) is 0 Å². The Morgan fingerprint density at radius 1 is 1.29 bits per heavy atom. The smallest absolute Gasteiger partial charge is 0.240 e. The Balaban J connectivity index is 2.78. The summed E-state index contributed by atoms with van der Waals surface area (Å²) in [6, 6.07) is 6.46. The molecule has 0 aromatic heterocycles. The van der Waals surface area contributed by atoms with E-state index in [2.05, 4.69) is 20.7 Å². The largest absolute Gasteiger partial charge is 0.308 e. The van der Waals surface area contributed by atoms with Crippen molar-refractivity contribution in [2.75, 3.05) is 20.6 Å². The van der Waals surface area contributed by atoms with Gasteiger partial charge < -0.3 is 4.90 Å². The Bertz CT molecular complexity index is 457. The summed E-state index contributed by atoms with van der Waals surface area (Å²) in [4.78, 5) is 2.22. The van der Waals surface area contributed by atoms with Gasteiger partial charge in [0.1, 0.15) is 0 Å². The molecule has 4 nitrogen and oxygen atoms in total. The van der Waals surface area contributed by atoms with Crippen molar-refractivity contribution in [1.29, 1.82) is 0 Å². The first kappa shape index (κ1) is 14.6. The summed E-state index contributed by atoms with van der Waals surface area (Å²) in [7, 11) is 0.395. The highest BCUT2D eigenvalue weighted by Crippen LogP contribution is 2.14. The molecule has 0 radical (unpaired) electrons. The molecule has 0 spiro atoms. The fourth-order valence-electron chi connectivity index (χ4n) is 1.53. The SMILES string of the molecule is CC(CN(C)C)NS(=O)(=O)c1ccc(Br)cc1. The van der Waals surface area contributed by atoms with Crippen LogP contribution in [-0.2, 0) is 10.0 Å². The molecule has 0 aliphatic heterocycles. The summed E-state index contributed by atoms with van der Waals surface area (Å²) in [6.07, 6.45) is 0. The van der Waals surface area contributed by atoms with Crippen LogP contribution in [0.5, 0.6) is 0 Å². The van der Waals surface area contributed by atoms with E-state index in [1.807, 2.05) is 25.9 Å². The number of rotatable bonds is 5. The molecule has 1 aromatic rings. The normalized spacial score (nSPS) is 13.9. The van der Waals surface area contributed by atoms with E-state index in [1.165, 1.54) is 0 Å². The number of hydrogen-bond donors (Lipinski definition) is 1. The summed E-state index contributed by atoms with van der Waals surface area (Å²) in [5.41, 5.74) is 0. The lowest BCUT2D eigenvalue weighted by Crippen LogP contribution is -2.39. The summed E-state index contributed by atoms with van der Waals surface area (Å²) in [5.74, 6) is 0. The third-order valence-corrected chi connectivity index (χ3v) is 4.25. The molecule has 0 aliphatic rings. The van der Waals surface area contributed by atoms with Crippen LogP contribution in [0.3, 0.4) is 0 Å². The van der Waals surface area contributed by atoms with Gasteiger partial charge >= 0.3 is 0 Å². The van der Waals surface area contributed by atoms with E-state index < -0.39 is 10.0 Å². The monoisotopic (exact) mass is 320 g/mol. The highest BCUT2D eigenvalue weighted by Gasteiger charge is 2.17. The molecule has 0 aliphatic carbocycles. The molecule has 1 atom stereocenters. The van der Waals surface area contributed by atoms with Gasteiger partial charge in [-0.2, -0.15) is 0 Å². The number of nitrogens with zero attached hydrogens (tertiary/aromatic N) is 1. The molecule has 1 rings (SSSR count). The van der Waals surface area contributed by atoms with Crippen molar-refractivity contribution in [2.24, 2.45) is 0 Å². The summed E-state index contributed by atoms with van der Waals surface area (Å²) >= 11 is 3.27. The first-order valence-corrected chi connectivity index (χ1v) is 7.51. The van der Waals surface area contributed by atoms with Crippen molar-refractivity contribution in [3.63, 3.8) is 0 Å². The molecule has 1 aromatic carbocycles. The second-order valence-corrected chi connectivity index (χ2v) is 6.87. The van der Waals surface area contributed by atoms with Gasteiger partial charge in [0.25, 0.3) is 0 Å². The van der Waals surface area contributed by atoms with E-state index in [4.69, 9.17) is 0 Å².